The van der Waals surface area contributed by atoms with Crippen molar-refractivity contribution in [1.29, 1.82) is 0 Å². The first kappa shape index (κ1) is 12.7. The van der Waals surface area contributed by atoms with Crippen molar-refractivity contribution >= 4 is 6.29 Å². The van der Waals surface area contributed by atoms with E-state index in [2.05, 4.69) is 25.8 Å². The molecule has 0 aliphatic carbocycles. The number of ether oxygens (including phenoxy) is 1. The van der Waals surface area contributed by atoms with Gasteiger partial charge in [-0.2, -0.15) is 0 Å². The molecule has 1 heterocycles. The molecule has 15 heavy (non-hydrogen) atoms. The Morgan fingerprint density at radius 3 is 2.53 bits per heavy atom. The molecule has 0 N–H and O–H groups in total. The number of hydrogen-bond donors (Lipinski definition) is 0. The molecule has 0 aromatic rings. The van der Waals surface area contributed by atoms with Gasteiger partial charge in [0.2, 0.25) is 0 Å². The van der Waals surface area contributed by atoms with Crippen molar-refractivity contribution in [2.24, 2.45) is 5.41 Å². The van der Waals surface area contributed by atoms with E-state index in [9.17, 15) is 4.79 Å². The third kappa shape index (κ3) is 3.28. The second-order valence-corrected chi connectivity index (χ2v) is 4.76. The Morgan fingerprint density at radius 1 is 1.47 bits per heavy atom. The van der Waals surface area contributed by atoms with Gasteiger partial charge in [-0.25, -0.2) is 0 Å². The van der Waals surface area contributed by atoms with Crippen LogP contribution < -0.4 is 0 Å². The van der Waals surface area contributed by atoms with Gasteiger partial charge in [-0.1, -0.05) is 6.92 Å². The molecule has 3 heteroatoms. The lowest BCUT2D eigenvalue weighted by atomic mass is 9.81. The molecule has 3 nitrogen and oxygen atoms in total. The molecular weight excluding hydrogens is 190 g/mol. The summed E-state index contributed by atoms with van der Waals surface area (Å²) in [7, 11) is 2.11. The van der Waals surface area contributed by atoms with Crippen LogP contribution in [-0.4, -0.2) is 44.0 Å². The van der Waals surface area contributed by atoms with Crippen LogP contribution in [0.4, 0.5) is 0 Å². The molecule has 0 saturated carbocycles. The summed E-state index contributed by atoms with van der Waals surface area (Å²) in [5.74, 6) is 0. The van der Waals surface area contributed by atoms with Gasteiger partial charge in [-0.3, -0.25) is 0 Å². The van der Waals surface area contributed by atoms with Gasteiger partial charge in [-0.15, -0.1) is 0 Å². The zero-order valence-corrected chi connectivity index (χ0v) is 10.2. The molecule has 0 spiro atoms. The van der Waals surface area contributed by atoms with Crippen LogP contribution >= 0.6 is 0 Å². The maximum Gasteiger partial charge on any atom is 0.127 e. The zero-order valence-electron chi connectivity index (χ0n) is 10.2. The summed E-state index contributed by atoms with van der Waals surface area (Å²) >= 11 is 0. The fourth-order valence-electron chi connectivity index (χ4n) is 2.06. The number of carbonyl (C=O) groups excluding carboxylic acids is 1. The molecule has 0 aromatic heterocycles. The number of aldehydes is 1. The smallest absolute Gasteiger partial charge is 0.127 e. The topological polar surface area (TPSA) is 29.5 Å². The second-order valence-electron chi connectivity index (χ2n) is 4.76. The molecule has 1 fully saturated rings. The number of hydrogen-bond acceptors (Lipinski definition) is 3. The van der Waals surface area contributed by atoms with Gasteiger partial charge in [-0.05, 0) is 33.2 Å². The maximum absolute atomic E-state index is 11.2. The second kappa shape index (κ2) is 5.61. The summed E-state index contributed by atoms with van der Waals surface area (Å²) in [6, 6.07) is 0.546. The molecule has 1 aliphatic rings. The molecular formula is C12H23NO2. The molecule has 1 saturated heterocycles. The van der Waals surface area contributed by atoms with E-state index in [-0.39, 0.29) is 5.41 Å². The molecule has 0 amide bonds. The minimum Gasteiger partial charge on any atom is -0.381 e. The normalized spacial score (nSPS) is 22.7. The van der Waals surface area contributed by atoms with Gasteiger partial charge in [0, 0.05) is 31.2 Å². The molecule has 0 radical (unpaired) electrons. The number of carbonyl (C=O) groups is 1. The van der Waals surface area contributed by atoms with Gasteiger partial charge >= 0.3 is 0 Å². The van der Waals surface area contributed by atoms with Crippen LogP contribution in [0.3, 0.4) is 0 Å². The van der Waals surface area contributed by atoms with E-state index in [4.69, 9.17) is 4.74 Å². The lowest BCUT2D eigenvalue weighted by Crippen LogP contribution is -2.44. The van der Waals surface area contributed by atoms with Crippen molar-refractivity contribution in [3.05, 3.63) is 0 Å². The Bertz CT molecular complexity index is 200. The first-order chi connectivity index (χ1) is 7.13. The Morgan fingerprint density at radius 2 is 2.07 bits per heavy atom. The van der Waals surface area contributed by atoms with Crippen LogP contribution in [0.2, 0.25) is 0 Å². The predicted molar refractivity (Wildman–Crippen MR) is 60.9 cm³/mol. The van der Waals surface area contributed by atoms with E-state index in [1.54, 1.807) is 0 Å². The van der Waals surface area contributed by atoms with E-state index in [1.165, 1.54) is 0 Å². The predicted octanol–water partition coefficient (Wildman–Crippen LogP) is 1.71. The van der Waals surface area contributed by atoms with Gasteiger partial charge in [0.1, 0.15) is 6.29 Å². The summed E-state index contributed by atoms with van der Waals surface area (Å²) in [6.07, 6.45) is 4.02. The van der Waals surface area contributed by atoms with E-state index in [0.717, 1.165) is 45.3 Å². The van der Waals surface area contributed by atoms with E-state index in [1.807, 2.05) is 0 Å². The van der Waals surface area contributed by atoms with Crippen molar-refractivity contribution in [3.8, 4) is 0 Å². The van der Waals surface area contributed by atoms with Crippen LogP contribution in [0.5, 0.6) is 0 Å². The minimum atomic E-state index is -0.156. The molecule has 1 rings (SSSR count). The lowest BCUT2D eigenvalue weighted by molar-refractivity contribution is -0.123. The quantitative estimate of drug-likeness (QED) is 0.651. The molecule has 0 bridgehead atoms. The van der Waals surface area contributed by atoms with Crippen molar-refractivity contribution in [2.75, 3.05) is 26.8 Å². The maximum atomic E-state index is 11.2. The fourth-order valence-corrected chi connectivity index (χ4v) is 2.06. The third-order valence-electron chi connectivity index (χ3n) is 3.65. The van der Waals surface area contributed by atoms with Crippen LogP contribution in [-0.2, 0) is 9.53 Å². The summed E-state index contributed by atoms with van der Waals surface area (Å²) in [6.45, 7) is 6.71. The summed E-state index contributed by atoms with van der Waals surface area (Å²) in [5.41, 5.74) is -0.156. The highest BCUT2D eigenvalue weighted by atomic mass is 16.5. The molecule has 88 valence electrons. The first-order valence-electron chi connectivity index (χ1n) is 5.88. The largest absolute Gasteiger partial charge is 0.381 e. The van der Waals surface area contributed by atoms with Crippen molar-refractivity contribution in [1.82, 2.24) is 4.90 Å². The van der Waals surface area contributed by atoms with Crippen molar-refractivity contribution < 1.29 is 9.53 Å². The number of rotatable bonds is 5. The minimum absolute atomic E-state index is 0.156. The van der Waals surface area contributed by atoms with Gasteiger partial charge in [0.05, 0.1) is 0 Å². The Hall–Kier alpha value is -0.410. The summed E-state index contributed by atoms with van der Waals surface area (Å²) in [4.78, 5) is 13.5. The van der Waals surface area contributed by atoms with E-state index in [0.29, 0.717) is 6.04 Å². The molecule has 1 unspecified atom stereocenters. The van der Waals surface area contributed by atoms with E-state index >= 15 is 0 Å². The van der Waals surface area contributed by atoms with Gasteiger partial charge < -0.3 is 14.4 Å². The van der Waals surface area contributed by atoms with E-state index < -0.39 is 0 Å². The van der Waals surface area contributed by atoms with Gasteiger partial charge in [0.15, 0.2) is 0 Å². The monoisotopic (exact) mass is 213 g/mol. The highest BCUT2D eigenvalue weighted by Gasteiger charge is 2.34. The Kier molecular flexibility index (Phi) is 4.74. The Labute approximate surface area is 92.8 Å². The standard InChI is InChI=1S/C12H23NO2/c1-4-11(2)13(3)9-12(10-14)5-7-15-8-6-12/h10-11H,4-9H2,1-3H3. The summed E-state index contributed by atoms with van der Waals surface area (Å²) in [5, 5.41) is 0. The van der Waals surface area contributed by atoms with Crippen LogP contribution in [0.1, 0.15) is 33.1 Å². The first-order valence-corrected chi connectivity index (χ1v) is 5.88. The number of nitrogens with zero attached hydrogens (tertiary/aromatic N) is 1. The SMILES string of the molecule is CCC(C)N(C)CC1(C=O)CCOCC1. The zero-order chi connectivity index (χ0) is 11.3. The highest BCUT2D eigenvalue weighted by Crippen LogP contribution is 2.29. The average Bonchev–Trinajstić information content (AvgIpc) is 2.29. The van der Waals surface area contributed by atoms with Crippen LogP contribution in [0.25, 0.3) is 0 Å². The third-order valence-corrected chi connectivity index (χ3v) is 3.65. The highest BCUT2D eigenvalue weighted by molar-refractivity contribution is 5.60. The van der Waals surface area contributed by atoms with Crippen LogP contribution in [0.15, 0.2) is 0 Å². The molecule has 1 aliphatic heterocycles. The van der Waals surface area contributed by atoms with Crippen molar-refractivity contribution in [2.45, 2.75) is 39.2 Å². The lowest BCUT2D eigenvalue weighted by Gasteiger charge is -2.37. The fraction of sp³-hybridized carbons (Fsp3) is 0.917. The average molecular weight is 213 g/mol. The summed E-state index contributed by atoms with van der Waals surface area (Å²) < 4.78 is 5.32. The van der Waals surface area contributed by atoms with Crippen LogP contribution in [0, 0.1) is 5.41 Å². The Balaban J connectivity index is 2.54. The molecule has 0 aromatic carbocycles. The van der Waals surface area contributed by atoms with Crippen molar-refractivity contribution in [3.63, 3.8) is 0 Å². The van der Waals surface area contributed by atoms with Gasteiger partial charge in [0.25, 0.3) is 0 Å². The molecule has 1 atom stereocenters.